The lowest BCUT2D eigenvalue weighted by molar-refractivity contribution is 0.482. The smallest absolute Gasteiger partial charge is 0.133 e. The summed E-state index contributed by atoms with van der Waals surface area (Å²) in [6.07, 6.45) is 0. The zero-order valence-corrected chi connectivity index (χ0v) is 8.04. The number of phenols is 1. The number of aryl methyl sites for hydroxylation is 1. The molecule has 0 bridgehead atoms. The molecule has 0 unspecified atom stereocenters. The summed E-state index contributed by atoms with van der Waals surface area (Å²) < 4.78 is 1.63. The Morgan fingerprint density at radius 3 is 2.83 bits per heavy atom. The Labute approximate surface area is 79.2 Å². The molecule has 12 heavy (non-hydrogen) atoms. The van der Waals surface area contributed by atoms with E-state index in [1.807, 2.05) is 19.1 Å². The van der Waals surface area contributed by atoms with Gasteiger partial charge in [-0.15, -0.1) is 11.3 Å². The maximum atomic E-state index is 9.46. The molecule has 0 aliphatic heterocycles. The van der Waals surface area contributed by atoms with Crippen LogP contribution in [0.4, 0.5) is 0 Å². The molecular formula is C9H7ClOS. The van der Waals surface area contributed by atoms with Crippen molar-refractivity contribution in [3.63, 3.8) is 0 Å². The monoisotopic (exact) mass is 198 g/mol. The summed E-state index contributed by atoms with van der Waals surface area (Å²) in [6.45, 7) is 1.96. The molecule has 0 radical (unpaired) electrons. The summed E-state index contributed by atoms with van der Waals surface area (Å²) in [6, 6.07) is 5.47. The molecular weight excluding hydrogens is 192 g/mol. The summed E-state index contributed by atoms with van der Waals surface area (Å²) in [4.78, 5) is 0. The van der Waals surface area contributed by atoms with Crippen molar-refractivity contribution < 1.29 is 5.11 Å². The largest absolute Gasteiger partial charge is 0.506 e. The average molecular weight is 199 g/mol. The van der Waals surface area contributed by atoms with E-state index in [1.54, 1.807) is 6.07 Å². The Kier molecular flexibility index (Phi) is 1.74. The summed E-state index contributed by atoms with van der Waals surface area (Å²) in [5.74, 6) is 0.313. The third kappa shape index (κ3) is 0.993. The van der Waals surface area contributed by atoms with Crippen LogP contribution in [0.25, 0.3) is 10.1 Å². The van der Waals surface area contributed by atoms with Crippen LogP contribution < -0.4 is 0 Å². The number of benzene rings is 1. The molecule has 0 atom stereocenters. The van der Waals surface area contributed by atoms with Gasteiger partial charge in [0.15, 0.2) is 0 Å². The third-order valence-corrected chi connectivity index (χ3v) is 3.52. The molecule has 1 N–H and O–H groups in total. The molecule has 0 amide bonds. The molecule has 0 saturated carbocycles. The van der Waals surface area contributed by atoms with E-state index in [0.29, 0.717) is 5.75 Å². The number of phenolic OH excluding ortho intramolecular Hbond substituents is 1. The molecule has 3 heteroatoms. The van der Waals surface area contributed by atoms with Crippen LogP contribution in [0.2, 0.25) is 4.34 Å². The van der Waals surface area contributed by atoms with E-state index in [4.69, 9.17) is 11.6 Å². The second kappa shape index (κ2) is 2.64. The highest BCUT2D eigenvalue weighted by molar-refractivity contribution is 7.23. The normalized spacial score (nSPS) is 10.8. The van der Waals surface area contributed by atoms with E-state index < -0.39 is 0 Å². The van der Waals surface area contributed by atoms with Crippen molar-refractivity contribution in [1.82, 2.24) is 0 Å². The van der Waals surface area contributed by atoms with Crippen LogP contribution >= 0.6 is 22.9 Å². The molecule has 0 fully saturated rings. The average Bonchev–Trinajstić information content (AvgIpc) is 2.32. The van der Waals surface area contributed by atoms with Gasteiger partial charge in [-0.05, 0) is 18.6 Å². The highest BCUT2D eigenvalue weighted by Gasteiger charge is 2.08. The molecule has 1 aromatic heterocycles. The van der Waals surface area contributed by atoms with Gasteiger partial charge in [0.2, 0.25) is 0 Å². The number of hydrogen-bond acceptors (Lipinski definition) is 2. The number of thiophene rings is 1. The minimum absolute atomic E-state index is 0.313. The van der Waals surface area contributed by atoms with E-state index in [0.717, 1.165) is 20.0 Å². The SMILES string of the molecule is Cc1c(Cl)sc2c(O)cccc12. The first kappa shape index (κ1) is 7.90. The van der Waals surface area contributed by atoms with Gasteiger partial charge in [-0.3, -0.25) is 0 Å². The fraction of sp³-hybridized carbons (Fsp3) is 0.111. The van der Waals surface area contributed by atoms with Gasteiger partial charge in [-0.1, -0.05) is 23.7 Å². The molecule has 1 heterocycles. The van der Waals surface area contributed by atoms with Crippen molar-refractivity contribution in [3.8, 4) is 5.75 Å². The second-order valence-corrected chi connectivity index (χ2v) is 4.28. The predicted molar refractivity (Wildman–Crippen MR) is 53.2 cm³/mol. The van der Waals surface area contributed by atoms with Crippen molar-refractivity contribution in [1.29, 1.82) is 0 Å². The topological polar surface area (TPSA) is 20.2 Å². The van der Waals surface area contributed by atoms with Crippen molar-refractivity contribution in [2.24, 2.45) is 0 Å². The Balaban J connectivity index is 2.95. The lowest BCUT2D eigenvalue weighted by atomic mass is 10.2. The van der Waals surface area contributed by atoms with Gasteiger partial charge in [-0.25, -0.2) is 0 Å². The van der Waals surface area contributed by atoms with Crippen molar-refractivity contribution >= 4 is 33.0 Å². The Morgan fingerprint density at radius 2 is 2.17 bits per heavy atom. The minimum atomic E-state index is 0.313. The fourth-order valence-electron chi connectivity index (χ4n) is 1.20. The third-order valence-electron chi connectivity index (χ3n) is 1.88. The van der Waals surface area contributed by atoms with Gasteiger partial charge in [0.25, 0.3) is 0 Å². The van der Waals surface area contributed by atoms with Crippen LogP contribution in [-0.2, 0) is 0 Å². The quantitative estimate of drug-likeness (QED) is 0.686. The molecule has 2 rings (SSSR count). The fourth-order valence-corrected chi connectivity index (χ4v) is 2.48. The highest BCUT2D eigenvalue weighted by Crippen LogP contribution is 2.38. The first-order valence-electron chi connectivity index (χ1n) is 3.56. The number of fused-ring (bicyclic) bond motifs is 1. The lowest BCUT2D eigenvalue weighted by Gasteiger charge is -1.92. The number of aromatic hydroxyl groups is 1. The molecule has 0 spiro atoms. The van der Waals surface area contributed by atoms with Gasteiger partial charge < -0.3 is 5.11 Å². The first-order chi connectivity index (χ1) is 5.70. The molecule has 62 valence electrons. The summed E-state index contributed by atoms with van der Waals surface area (Å²) >= 11 is 7.35. The zero-order chi connectivity index (χ0) is 8.72. The predicted octanol–water partition coefficient (Wildman–Crippen LogP) is 3.57. The van der Waals surface area contributed by atoms with E-state index >= 15 is 0 Å². The first-order valence-corrected chi connectivity index (χ1v) is 4.76. The number of rotatable bonds is 0. The second-order valence-electron chi connectivity index (χ2n) is 2.65. The lowest BCUT2D eigenvalue weighted by Crippen LogP contribution is -1.68. The molecule has 0 aliphatic rings. The molecule has 0 saturated heterocycles. The van der Waals surface area contributed by atoms with Crippen molar-refractivity contribution in [2.75, 3.05) is 0 Å². The van der Waals surface area contributed by atoms with Gasteiger partial charge in [0.1, 0.15) is 5.75 Å². The molecule has 1 aromatic carbocycles. The number of halogens is 1. The van der Waals surface area contributed by atoms with E-state index in [-0.39, 0.29) is 0 Å². The van der Waals surface area contributed by atoms with E-state index in [1.165, 1.54) is 11.3 Å². The molecule has 2 aromatic rings. The van der Waals surface area contributed by atoms with Crippen LogP contribution in [0, 0.1) is 6.92 Å². The van der Waals surface area contributed by atoms with E-state index in [2.05, 4.69) is 0 Å². The van der Waals surface area contributed by atoms with Gasteiger partial charge in [0, 0.05) is 5.39 Å². The Morgan fingerprint density at radius 1 is 1.42 bits per heavy atom. The summed E-state index contributed by atoms with van der Waals surface area (Å²) in [5, 5.41) is 10.5. The van der Waals surface area contributed by atoms with Crippen LogP contribution in [0.15, 0.2) is 18.2 Å². The standard InChI is InChI=1S/C9H7ClOS/c1-5-6-3-2-4-7(11)8(6)12-9(5)10/h2-4,11H,1H3. The van der Waals surface area contributed by atoms with E-state index in [9.17, 15) is 5.11 Å². The van der Waals surface area contributed by atoms with Crippen molar-refractivity contribution in [3.05, 3.63) is 28.1 Å². The van der Waals surface area contributed by atoms with Crippen molar-refractivity contribution in [2.45, 2.75) is 6.92 Å². The zero-order valence-electron chi connectivity index (χ0n) is 6.47. The van der Waals surface area contributed by atoms with Crippen LogP contribution in [0.1, 0.15) is 5.56 Å². The van der Waals surface area contributed by atoms with Gasteiger partial charge in [0.05, 0.1) is 9.04 Å². The summed E-state index contributed by atoms with van der Waals surface area (Å²) in [7, 11) is 0. The van der Waals surface area contributed by atoms with Crippen LogP contribution in [0.5, 0.6) is 5.75 Å². The summed E-state index contributed by atoms with van der Waals surface area (Å²) in [5.41, 5.74) is 1.05. The highest BCUT2D eigenvalue weighted by atomic mass is 35.5. The Hall–Kier alpha value is -0.730. The molecule has 0 aliphatic carbocycles. The van der Waals surface area contributed by atoms with Gasteiger partial charge in [-0.2, -0.15) is 0 Å². The van der Waals surface area contributed by atoms with Gasteiger partial charge >= 0.3 is 0 Å². The maximum absolute atomic E-state index is 9.46. The van der Waals surface area contributed by atoms with Crippen LogP contribution in [-0.4, -0.2) is 5.11 Å². The van der Waals surface area contributed by atoms with Crippen LogP contribution in [0.3, 0.4) is 0 Å². The molecule has 1 nitrogen and oxygen atoms in total. The minimum Gasteiger partial charge on any atom is -0.506 e. The Bertz CT molecular complexity index is 433. The number of hydrogen-bond donors (Lipinski definition) is 1. The maximum Gasteiger partial charge on any atom is 0.133 e.